The molecule has 0 aliphatic rings. The molecule has 0 saturated carbocycles. The second-order valence-electron chi connectivity index (χ2n) is 5.31. The van der Waals surface area contributed by atoms with Gasteiger partial charge >= 0.3 is 0 Å². The van der Waals surface area contributed by atoms with E-state index in [1.54, 1.807) is 7.11 Å². The predicted molar refractivity (Wildman–Crippen MR) is 98.5 cm³/mol. The molecule has 2 N–H and O–H groups in total. The lowest BCUT2D eigenvalue weighted by atomic mass is 10.2. The SMILES string of the molecule is COc1cccc(NC(=S)N[C@@H](C)COc2ccccc2C)c1. The van der Waals surface area contributed by atoms with Crippen molar-refractivity contribution in [3.8, 4) is 11.5 Å². The van der Waals surface area contributed by atoms with E-state index in [0.29, 0.717) is 11.7 Å². The van der Waals surface area contributed by atoms with Crippen LogP contribution < -0.4 is 20.1 Å². The third-order valence-electron chi connectivity index (χ3n) is 3.29. The topological polar surface area (TPSA) is 42.5 Å². The van der Waals surface area contributed by atoms with Gasteiger partial charge < -0.3 is 20.1 Å². The van der Waals surface area contributed by atoms with Crippen LogP contribution in [0, 0.1) is 6.92 Å². The minimum Gasteiger partial charge on any atom is -0.497 e. The molecular formula is C18H22N2O2S. The molecule has 0 spiro atoms. The summed E-state index contributed by atoms with van der Waals surface area (Å²) < 4.78 is 11.0. The van der Waals surface area contributed by atoms with Crippen LogP contribution in [0.5, 0.6) is 11.5 Å². The van der Waals surface area contributed by atoms with Crippen LogP contribution in [0.15, 0.2) is 48.5 Å². The Morgan fingerprint density at radius 1 is 1.17 bits per heavy atom. The Kier molecular flexibility index (Phi) is 6.23. The third kappa shape index (κ3) is 5.45. The molecular weight excluding hydrogens is 308 g/mol. The van der Waals surface area contributed by atoms with Crippen LogP contribution in [0.2, 0.25) is 0 Å². The van der Waals surface area contributed by atoms with Gasteiger partial charge in [-0.3, -0.25) is 0 Å². The van der Waals surface area contributed by atoms with Crippen molar-refractivity contribution in [1.29, 1.82) is 0 Å². The van der Waals surface area contributed by atoms with Crippen molar-refractivity contribution in [3.63, 3.8) is 0 Å². The summed E-state index contributed by atoms with van der Waals surface area (Å²) >= 11 is 5.33. The van der Waals surface area contributed by atoms with E-state index in [4.69, 9.17) is 21.7 Å². The molecule has 0 aromatic heterocycles. The molecule has 122 valence electrons. The Balaban J connectivity index is 1.81. The molecule has 0 aliphatic carbocycles. The van der Waals surface area contributed by atoms with E-state index in [0.717, 1.165) is 22.7 Å². The van der Waals surface area contributed by atoms with Gasteiger partial charge in [0.25, 0.3) is 0 Å². The molecule has 0 unspecified atom stereocenters. The van der Waals surface area contributed by atoms with E-state index >= 15 is 0 Å². The summed E-state index contributed by atoms with van der Waals surface area (Å²) in [6, 6.07) is 15.7. The number of nitrogens with one attached hydrogen (secondary N) is 2. The van der Waals surface area contributed by atoms with Gasteiger partial charge in [0.2, 0.25) is 0 Å². The van der Waals surface area contributed by atoms with Crippen LogP contribution >= 0.6 is 12.2 Å². The fraction of sp³-hybridized carbons (Fsp3) is 0.278. The molecule has 0 aliphatic heterocycles. The average Bonchev–Trinajstić information content (AvgIpc) is 2.54. The highest BCUT2D eigenvalue weighted by Crippen LogP contribution is 2.17. The van der Waals surface area contributed by atoms with E-state index in [2.05, 4.69) is 10.6 Å². The van der Waals surface area contributed by atoms with Gasteiger partial charge in [0.1, 0.15) is 18.1 Å². The van der Waals surface area contributed by atoms with Crippen LogP contribution in [0.25, 0.3) is 0 Å². The van der Waals surface area contributed by atoms with Crippen molar-refractivity contribution in [3.05, 3.63) is 54.1 Å². The predicted octanol–water partition coefficient (Wildman–Crippen LogP) is 3.76. The first kappa shape index (κ1) is 17.1. The smallest absolute Gasteiger partial charge is 0.171 e. The highest BCUT2D eigenvalue weighted by atomic mass is 32.1. The lowest BCUT2D eigenvalue weighted by Gasteiger charge is -2.18. The Labute approximate surface area is 142 Å². The molecule has 1 atom stereocenters. The number of benzene rings is 2. The molecule has 4 nitrogen and oxygen atoms in total. The molecule has 0 fully saturated rings. The van der Waals surface area contributed by atoms with Crippen LogP contribution in [0.3, 0.4) is 0 Å². The summed E-state index contributed by atoms with van der Waals surface area (Å²) in [7, 11) is 1.64. The van der Waals surface area contributed by atoms with E-state index in [9.17, 15) is 0 Å². The number of anilines is 1. The van der Waals surface area contributed by atoms with Gasteiger partial charge in [0.05, 0.1) is 13.2 Å². The van der Waals surface area contributed by atoms with Crippen LogP contribution in [0.1, 0.15) is 12.5 Å². The van der Waals surface area contributed by atoms with Gasteiger partial charge in [-0.2, -0.15) is 0 Å². The number of para-hydroxylation sites is 1. The first-order chi connectivity index (χ1) is 11.1. The van der Waals surface area contributed by atoms with Gasteiger partial charge in [0.15, 0.2) is 5.11 Å². The van der Waals surface area contributed by atoms with Crippen molar-refractivity contribution in [2.45, 2.75) is 19.9 Å². The number of rotatable bonds is 6. The summed E-state index contributed by atoms with van der Waals surface area (Å²) in [6.07, 6.45) is 0. The number of ether oxygens (including phenoxy) is 2. The zero-order chi connectivity index (χ0) is 16.7. The number of thiocarbonyl (C=S) groups is 1. The monoisotopic (exact) mass is 330 g/mol. The molecule has 5 heteroatoms. The summed E-state index contributed by atoms with van der Waals surface area (Å²) in [5.41, 5.74) is 2.01. The number of hydrogen-bond acceptors (Lipinski definition) is 3. The minimum atomic E-state index is 0.0835. The average molecular weight is 330 g/mol. The highest BCUT2D eigenvalue weighted by Gasteiger charge is 2.07. The van der Waals surface area contributed by atoms with E-state index < -0.39 is 0 Å². The van der Waals surface area contributed by atoms with E-state index in [-0.39, 0.29) is 6.04 Å². The van der Waals surface area contributed by atoms with Gasteiger partial charge in [-0.15, -0.1) is 0 Å². The van der Waals surface area contributed by atoms with Crippen LogP contribution in [-0.4, -0.2) is 24.9 Å². The van der Waals surface area contributed by atoms with Crippen LogP contribution in [-0.2, 0) is 0 Å². The molecule has 0 radical (unpaired) electrons. The summed E-state index contributed by atoms with van der Waals surface area (Å²) in [4.78, 5) is 0. The molecule has 2 rings (SSSR count). The first-order valence-electron chi connectivity index (χ1n) is 7.48. The van der Waals surface area contributed by atoms with Gasteiger partial charge in [-0.05, 0) is 49.8 Å². The molecule has 0 saturated heterocycles. The van der Waals surface area contributed by atoms with E-state index in [1.165, 1.54) is 0 Å². The highest BCUT2D eigenvalue weighted by molar-refractivity contribution is 7.80. The number of hydrogen-bond donors (Lipinski definition) is 2. The standard InChI is InChI=1S/C18H22N2O2S/c1-13-7-4-5-10-17(13)22-12-14(2)19-18(23)20-15-8-6-9-16(11-15)21-3/h4-11,14H,12H2,1-3H3,(H2,19,20,23)/t14-/m0/s1. The van der Waals surface area contributed by atoms with Gasteiger partial charge in [0, 0.05) is 11.8 Å². The van der Waals surface area contributed by atoms with E-state index in [1.807, 2.05) is 62.4 Å². The van der Waals surface area contributed by atoms with Crippen molar-refractivity contribution in [2.24, 2.45) is 0 Å². The fourth-order valence-corrected chi connectivity index (χ4v) is 2.39. The minimum absolute atomic E-state index is 0.0835. The van der Waals surface area contributed by atoms with Gasteiger partial charge in [-0.1, -0.05) is 24.3 Å². The van der Waals surface area contributed by atoms with Crippen LogP contribution in [0.4, 0.5) is 5.69 Å². The van der Waals surface area contributed by atoms with Crippen molar-refractivity contribution < 1.29 is 9.47 Å². The fourth-order valence-electron chi connectivity index (χ4n) is 2.07. The molecule has 0 heterocycles. The third-order valence-corrected chi connectivity index (χ3v) is 3.51. The Morgan fingerprint density at radius 3 is 2.70 bits per heavy atom. The first-order valence-corrected chi connectivity index (χ1v) is 7.89. The zero-order valence-corrected chi connectivity index (χ0v) is 14.4. The zero-order valence-electron chi connectivity index (χ0n) is 13.6. The molecule has 0 amide bonds. The maximum atomic E-state index is 5.82. The Hall–Kier alpha value is -2.27. The Bertz CT molecular complexity index is 661. The maximum absolute atomic E-state index is 5.82. The lowest BCUT2D eigenvalue weighted by Crippen LogP contribution is -2.39. The summed E-state index contributed by atoms with van der Waals surface area (Å²) in [5, 5.41) is 6.91. The molecule has 23 heavy (non-hydrogen) atoms. The second-order valence-corrected chi connectivity index (χ2v) is 5.72. The molecule has 0 bridgehead atoms. The second kappa shape index (κ2) is 8.39. The lowest BCUT2D eigenvalue weighted by molar-refractivity contribution is 0.285. The maximum Gasteiger partial charge on any atom is 0.171 e. The van der Waals surface area contributed by atoms with Crippen molar-refractivity contribution in [2.75, 3.05) is 19.0 Å². The summed E-state index contributed by atoms with van der Waals surface area (Å²) in [5.74, 6) is 1.68. The summed E-state index contributed by atoms with van der Waals surface area (Å²) in [6.45, 7) is 4.59. The number of methoxy groups -OCH3 is 1. The molecule has 2 aromatic rings. The quantitative estimate of drug-likeness (QED) is 0.790. The number of aryl methyl sites for hydroxylation is 1. The Morgan fingerprint density at radius 2 is 1.96 bits per heavy atom. The van der Waals surface area contributed by atoms with Gasteiger partial charge in [-0.25, -0.2) is 0 Å². The largest absolute Gasteiger partial charge is 0.497 e. The molecule has 2 aromatic carbocycles. The van der Waals surface area contributed by atoms with Crippen molar-refractivity contribution >= 4 is 23.0 Å². The normalized spacial score (nSPS) is 11.4. The van der Waals surface area contributed by atoms with Crippen molar-refractivity contribution in [1.82, 2.24) is 5.32 Å².